The summed E-state index contributed by atoms with van der Waals surface area (Å²) in [5.74, 6) is -1.73. The third kappa shape index (κ3) is 1.97. The largest absolute Gasteiger partial charge is 0.466 e. The second kappa shape index (κ2) is 2.86. The van der Waals surface area contributed by atoms with Gasteiger partial charge in [-0.2, -0.15) is 13.2 Å². The van der Waals surface area contributed by atoms with Crippen molar-refractivity contribution in [1.82, 2.24) is 0 Å². The van der Waals surface area contributed by atoms with E-state index in [0.29, 0.717) is 0 Å². The number of halogens is 4. The van der Waals surface area contributed by atoms with Gasteiger partial charge < -0.3 is 4.74 Å². The molecule has 0 saturated heterocycles. The van der Waals surface area contributed by atoms with E-state index in [2.05, 4.69) is 22.1 Å². The van der Waals surface area contributed by atoms with Crippen LogP contribution in [0.3, 0.4) is 0 Å². The third-order valence-corrected chi connectivity index (χ3v) is 1.26. The second-order valence-electron chi connectivity index (χ2n) is 1.70. The Labute approximate surface area is 65.2 Å². The molecule has 0 saturated carbocycles. The normalized spacial score (nSPS) is 17.3. The maximum absolute atomic E-state index is 11.7. The topological polar surface area (TPSA) is 52.3 Å². The summed E-state index contributed by atoms with van der Waals surface area (Å²) < 4.78 is 38.9. The lowest BCUT2D eigenvalue weighted by Crippen LogP contribution is -2.55. The average Bonchev–Trinajstić information content (AvgIpc) is 1.83. The molecule has 66 valence electrons. The van der Waals surface area contributed by atoms with E-state index in [9.17, 15) is 18.0 Å². The van der Waals surface area contributed by atoms with Crippen molar-refractivity contribution in [2.75, 3.05) is 7.11 Å². The number of hydrogen-bond acceptors (Lipinski definition) is 3. The van der Waals surface area contributed by atoms with Gasteiger partial charge in [0, 0.05) is 0 Å². The Morgan fingerprint density at radius 2 is 1.91 bits per heavy atom. The molecular formula is C4H5ClF3NO2. The predicted molar refractivity (Wildman–Crippen MR) is 30.8 cm³/mol. The highest BCUT2D eigenvalue weighted by atomic mass is 35.5. The SMILES string of the molecule is COC(=O)C(N)(Cl)C(F)(F)F. The monoisotopic (exact) mass is 191 g/mol. The second-order valence-corrected chi connectivity index (χ2v) is 2.30. The van der Waals surface area contributed by atoms with Crippen LogP contribution in [0.15, 0.2) is 0 Å². The van der Waals surface area contributed by atoms with Gasteiger partial charge in [0.05, 0.1) is 7.11 Å². The zero-order chi connectivity index (χ0) is 9.28. The molecule has 0 aromatic heterocycles. The van der Waals surface area contributed by atoms with Gasteiger partial charge in [0.2, 0.25) is 0 Å². The molecule has 0 fully saturated rings. The van der Waals surface area contributed by atoms with Crippen LogP contribution < -0.4 is 5.73 Å². The fraction of sp³-hybridized carbons (Fsp3) is 0.750. The number of carbonyl (C=O) groups excluding carboxylic acids is 1. The van der Waals surface area contributed by atoms with Crippen LogP contribution in [-0.2, 0) is 9.53 Å². The van der Waals surface area contributed by atoms with E-state index in [4.69, 9.17) is 0 Å². The van der Waals surface area contributed by atoms with E-state index >= 15 is 0 Å². The van der Waals surface area contributed by atoms with Gasteiger partial charge in [-0.3, -0.25) is 5.73 Å². The Balaban J connectivity index is 4.59. The van der Waals surface area contributed by atoms with Crippen molar-refractivity contribution in [2.45, 2.75) is 11.2 Å². The molecule has 0 radical (unpaired) electrons. The highest BCUT2D eigenvalue weighted by Gasteiger charge is 2.58. The van der Waals surface area contributed by atoms with Crippen molar-refractivity contribution in [1.29, 1.82) is 0 Å². The Morgan fingerprint density at radius 3 is 2.00 bits per heavy atom. The summed E-state index contributed by atoms with van der Waals surface area (Å²) in [4.78, 5) is 6.84. The molecule has 1 unspecified atom stereocenters. The Morgan fingerprint density at radius 1 is 1.55 bits per heavy atom. The first kappa shape index (κ1) is 10.5. The zero-order valence-corrected chi connectivity index (χ0v) is 6.16. The lowest BCUT2D eigenvalue weighted by Gasteiger charge is -2.21. The van der Waals surface area contributed by atoms with Gasteiger partial charge in [0.1, 0.15) is 0 Å². The fourth-order valence-corrected chi connectivity index (χ4v) is 0.341. The van der Waals surface area contributed by atoms with Crippen LogP contribution in [0, 0.1) is 0 Å². The van der Waals surface area contributed by atoms with Gasteiger partial charge in [-0.05, 0) is 0 Å². The van der Waals surface area contributed by atoms with Crippen molar-refractivity contribution < 1.29 is 22.7 Å². The molecule has 0 aliphatic rings. The number of carbonyl (C=O) groups is 1. The number of alkyl halides is 4. The lowest BCUT2D eigenvalue weighted by atomic mass is 10.3. The van der Waals surface area contributed by atoms with Crippen molar-refractivity contribution in [2.24, 2.45) is 5.73 Å². The third-order valence-electron chi connectivity index (χ3n) is 0.895. The van der Waals surface area contributed by atoms with Crippen LogP contribution in [0.2, 0.25) is 0 Å². The molecule has 7 heteroatoms. The molecule has 0 bridgehead atoms. The molecule has 0 spiro atoms. The Kier molecular flexibility index (Phi) is 2.74. The first-order valence-corrected chi connectivity index (χ1v) is 2.74. The Bertz CT molecular complexity index is 167. The molecule has 0 aromatic rings. The summed E-state index contributed by atoms with van der Waals surface area (Å²) in [6.45, 7) is 0. The first-order chi connectivity index (χ1) is 4.73. The van der Waals surface area contributed by atoms with Crippen LogP contribution in [0.25, 0.3) is 0 Å². The van der Waals surface area contributed by atoms with E-state index in [0.717, 1.165) is 7.11 Å². The standard InChI is InChI=1S/C4H5ClF3NO2/c1-11-2(10)3(5,9)4(6,7)8/h9H2,1H3. The molecule has 0 aliphatic heterocycles. The molecular weight excluding hydrogens is 186 g/mol. The minimum atomic E-state index is -5.01. The molecule has 3 nitrogen and oxygen atoms in total. The molecule has 2 N–H and O–H groups in total. The summed E-state index contributed by atoms with van der Waals surface area (Å²) in [7, 11) is 0.762. The van der Waals surface area contributed by atoms with Crippen LogP contribution in [-0.4, -0.2) is 24.3 Å². The van der Waals surface area contributed by atoms with E-state index in [1.165, 1.54) is 0 Å². The number of nitrogens with two attached hydrogens (primary N) is 1. The number of hydrogen-bond donors (Lipinski definition) is 1. The van der Waals surface area contributed by atoms with Crippen molar-refractivity contribution in [3.05, 3.63) is 0 Å². The maximum Gasteiger partial charge on any atom is 0.431 e. The van der Waals surface area contributed by atoms with Crippen LogP contribution in [0.1, 0.15) is 0 Å². The lowest BCUT2D eigenvalue weighted by molar-refractivity contribution is -0.186. The summed E-state index contributed by atoms with van der Waals surface area (Å²) in [6.07, 6.45) is -5.01. The summed E-state index contributed by atoms with van der Waals surface area (Å²) in [5.41, 5.74) is 4.41. The molecule has 0 aliphatic carbocycles. The number of rotatable bonds is 1. The van der Waals surface area contributed by atoms with Crippen molar-refractivity contribution in [3.8, 4) is 0 Å². The molecule has 11 heavy (non-hydrogen) atoms. The molecule has 0 aromatic carbocycles. The zero-order valence-electron chi connectivity index (χ0n) is 5.41. The molecule has 0 rings (SSSR count). The van der Waals surface area contributed by atoms with Gasteiger partial charge in [0.15, 0.2) is 0 Å². The van der Waals surface area contributed by atoms with Crippen LogP contribution in [0.5, 0.6) is 0 Å². The van der Waals surface area contributed by atoms with Gasteiger partial charge >= 0.3 is 12.1 Å². The predicted octanol–water partition coefficient (Wildman–Crippen LogP) is 0.616. The fourth-order valence-electron chi connectivity index (χ4n) is 0.264. The minimum absolute atomic E-state index is 0.762. The van der Waals surface area contributed by atoms with Gasteiger partial charge in [0.25, 0.3) is 5.00 Å². The van der Waals surface area contributed by atoms with Gasteiger partial charge in [-0.15, -0.1) is 0 Å². The van der Waals surface area contributed by atoms with E-state index in [1.54, 1.807) is 0 Å². The average molecular weight is 192 g/mol. The van der Waals surface area contributed by atoms with E-state index in [-0.39, 0.29) is 0 Å². The summed E-state index contributed by atoms with van der Waals surface area (Å²) in [5, 5.41) is 0. The van der Waals surface area contributed by atoms with Crippen LogP contribution >= 0.6 is 11.6 Å². The van der Waals surface area contributed by atoms with Crippen LogP contribution in [0.4, 0.5) is 13.2 Å². The highest BCUT2D eigenvalue weighted by molar-refractivity contribution is 6.34. The quantitative estimate of drug-likeness (QED) is 0.376. The molecule has 0 amide bonds. The number of esters is 1. The van der Waals surface area contributed by atoms with E-state index in [1.807, 2.05) is 0 Å². The summed E-state index contributed by atoms with van der Waals surface area (Å²) >= 11 is 4.64. The number of ether oxygens (including phenoxy) is 1. The van der Waals surface area contributed by atoms with Crippen molar-refractivity contribution >= 4 is 17.6 Å². The minimum Gasteiger partial charge on any atom is -0.466 e. The van der Waals surface area contributed by atoms with E-state index < -0.39 is 17.1 Å². The Hall–Kier alpha value is -0.490. The first-order valence-electron chi connectivity index (χ1n) is 2.36. The van der Waals surface area contributed by atoms with Gasteiger partial charge in [-0.1, -0.05) is 11.6 Å². The maximum atomic E-state index is 11.7. The molecule has 0 heterocycles. The smallest absolute Gasteiger partial charge is 0.431 e. The highest BCUT2D eigenvalue weighted by Crippen LogP contribution is 2.32. The molecule has 1 atom stereocenters. The number of methoxy groups -OCH3 is 1. The summed E-state index contributed by atoms with van der Waals surface area (Å²) in [6, 6.07) is 0. The van der Waals surface area contributed by atoms with Crippen molar-refractivity contribution in [3.63, 3.8) is 0 Å². The van der Waals surface area contributed by atoms with Gasteiger partial charge in [-0.25, -0.2) is 4.79 Å².